The molecular weight excluding hydrogens is 438 g/mol. The van der Waals surface area contributed by atoms with Gasteiger partial charge in [0.25, 0.3) is 0 Å². The van der Waals surface area contributed by atoms with Crippen molar-refractivity contribution < 1.29 is 9.53 Å². The highest BCUT2D eigenvalue weighted by atomic mass is 16.5. The van der Waals surface area contributed by atoms with Gasteiger partial charge in [-0.3, -0.25) is 4.79 Å². The van der Waals surface area contributed by atoms with E-state index in [1.807, 2.05) is 36.4 Å². The van der Waals surface area contributed by atoms with Crippen molar-refractivity contribution in [3.63, 3.8) is 0 Å². The molecule has 3 aromatic rings. The molecule has 7 nitrogen and oxygen atoms in total. The molecule has 2 aromatic carbocycles. The van der Waals surface area contributed by atoms with Gasteiger partial charge in [-0.25, -0.2) is 9.97 Å². The quantitative estimate of drug-likeness (QED) is 0.342. The van der Waals surface area contributed by atoms with E-state index in [1.54, 1.807) is 12.4 Å². The van der Waals surface area contributed by atoms with Gasteiger partial charge in [-0.2, -0.15) is 0 Å². The summed E-state index contributed by atoms with van der Waals surface area (Å²) in [7, 11) is 0. The van der Waals surface area contributed by atoms with E-state index in [2.05, 4.69) is 58.4 Å². The fourth-order valence-corrected chi connectivity index (χ4v) is 3.90. The number of fused-ring (bicyclic) bond motifs is 1. The molecule has 0 spiro atoms. The van der Waals surface area contributed by atoms with Crippen LogP contribution in [0.2, 0.25) is 0 Å². The van der Waals surface area contributed by atoms with E-state index in [4.69, 9.17) is 4.74 Å². The molecule has 0 saturated heterocycles. The standard InChI is InChI=1S/C28H35N5O2/c1-4-33(5-2)15-9-12-27(34)32-25-16-23-24(17-26(25)35-18-21-13-14-21)29-19-30-28(23)31-20(3)22-10-7-6-8-11-22/h6-12,16-17,19-21H,4-5,13-15,18H2,1-3H3,(H,32,34)(H,29,30,31)/t20-/m1/s1. The fourth-order valence-electron chi connectivity index (χ4n) is 3.90. The van der Waals surface area contributed by atoms with Gasteiger partial charge in [0, 0.05) is 30.1 Å². The maximum Gasteiger partial charge on any atom is 0.248 e. The lowest BCUT2D eigenvalue weighted by Gasteiger charge is -2.18. The summed E-state index contributed by atoms with van der Waals surface area (Å²) < 4.78 is 6.11. The minimum absolute atomic E-state index is 0.0566. The van der Waals surface area contributed by atoms with Crippen LogP contribution < -0.4 is 15.4 Å². The fraction of sp³-hybridized carbons (Fsp3) is 0.393. The second kappa shape index (κ2) is 11.8. The van der Waals surface area contributed by atoms with Crippen LogP contribution in [0.15, 0.2) is 60.9 Å². The van der Waals surface area contributed by atoms with E-state index in [-0.39, 0.29) is 11.9 Å². The number of rotatable bonds is 12. The highest BCUT2D eigenvalue weighted by molar-refractivity contribution is 6.03. The lowest BCUT2D eigenvalue weighted by Crippen LogP contribution is -2.23. The molecule has 1 atom stereocenters. The molecule has 1 saturated carbocycles. The third-order valence-electron chi connectivity index (χ3n) is 6.35. The predicted octanol–water partition coefficient (Wildman–Crippen LogP) is 5.43. The molecule has 1 amide bonds. The molecule has 1 fully saturated rings. The van der Waals surface area contributed by atoms with Crippen LogP contribution in [0.25, 0.3) is 10.9 Å². The molecule has 7 heteroatoms. The van der Waals surface area contributed by atoms with Crippen LogP contribution >= 0.6 is 0 Å². The van der Waals surface area contributed by atoms with Crippen molar-refractivity contribution in [2.24, 2.45) is 5.92 Å². The number of hydrogen-bond donors (Lipinski definition) is 2. The average Bonchev–Trinajstić information content (AvgIpc) is 3.71. The number of benzene rings is 2. The van der Waals surface area contributed by atoms with Crippen LogP contribution in [0.4, 0.5) is 11.5 Å². The Bertz CT molecular complexity index is 1160. The lowest BCUT2D eigenvalue weighted by molar-refractivity contribution is -0.111. The number of nitrogens with one attached hydrogen (secondary N) is 2. The van der Waals surface area contributed by atoms with Crippen LogP contribution in [-0.4, -0.2) is 47.0 Å². The van der Waals surface area contributed by atoms with Crippen LogP contribution in [-0.2, 0) is 4.79 Å². The summed E-state index contributed by atoms with van der Waals surface area (Å²) in [6.07, 6.45) is 7.42. The largest absolute Gasteiger partial charge is 0.491 e. The number of carbonyl (C=O) groups is 1. The highest BCUT2D eigenvalue weighted by Crippen LogP contribution is 2.36. The summed E-state index contributed by atoms with van der Waals surface area (Å²) in [6.45, 7) is 9.60. The van der Waals surface area contributed by atoms with Crippen molar-refractivity contribution in [2.45, 2.75) is 39.7 Å². The number of nitrogens with zero attached hydrogens (tertiary/aromatic N) is 3. The Balaban J connectivity index is 1.59. The number of hydrogen-bond acceptors (Lipinski definition) is 6. The third kappa shape index (κ3) is 6.79. The zero-order chi connectivity index (χ0) is 24.6. The van der Waals surface area contributed by atoms with Gasteiger partial charge in [-0.05, 0) is 50.4 Å². The normalized spacial score (nSPS) is 14.4. The molecule has 35 heavy (non-hydrogen) atoms. The lowest BCUT2D eigenvalue weighted by atomic mass is 10.1. The van der Waals surface area contributed by atoms with Crippen LogP contribution in [0.5, 0.6) is 5.75 Å². The Morgan fingerprint density at radius 3 is 2.66 bits per heavy atom. The maximum absolute atomic E-state index is 12.7. The number of carbonyl (C=O) groups excluding carboxylic acids is 1. The summed E-state index contributed by atoms with van der Waals surface area (Å²) in [5.41, 5.74) is 2.56. The Labute approximate surface area is 207 Å². The van der Waals surface area contributed by atoms with Gasteiger partial charge in [0.05, 0.1) is 17.8 Å². The van der Waals surface area contributed by atoms with Gasteiger partial charge in [0.2, 0.25) is 5.91 Å². The van der Waals surface area contributed by atoms with E-state index in [9.17, 15) is 4.79 Å². The molecule has 2 N–H and O–H groups in total. The van der Waals surface area contributed by atoms with Gasteiger partial charge < -0.3 is 20.3 Å². The van der Waals surface area contributed by atoms with Crippen LogP contribution in [0, 0.1) is 5.92 Å². The molecule has 184 valence electrons. The zero-order valence-electron chi connectivity index (χ0n) is 20.8. The summed E-state index contributed by atoms with van der Waals surface area (Å²) in [5, 5.41) is 7.34. The van der Waals surface area contributed by atoms with Gasteiger partial charge in [-0.15, -0.1) is 0 Å². The monoisotopic (exact) mass is 473 g/mol. The molecule has 1 aliphatic carbocycles. The minimum atomic E-state index is -0.184. The van der Waals surface area contributed by atoms with E-state index in [1.165, 1.54) is 12.8 Å². The summed E-state index contributed by atoms with van der Waals surface area (Å²) in [4.78, 5) is 24.0. The number of anilines is 2. The second-order valence-corrected chi connectivity index (χ2v) is 9.00. The van der Waals surface area contributed by atoms with E-state index in [0.717, 1.165) is 36.1 Å². The zero-order valence-corrected chi connectivity index (χ0v) is 20.8. The van der Waals surface area contributed by atoms with Crippen molar-refractivity contribution in [1.29, 1.82) is 0 Å². The van der Waals surface area contributed by atoms with Crippen molar-refractivity contribution in [1.82, 2.24) is 14.9 Å². The van der Waals surface area contributed by atoms with Crippen molar-refractivity contribution in [3.8, 4) is 5.75 Å². The number of ether oxygens (including phenoxy) is 1. The first-order valence-corrected chi connectivity index (χ1v) is 12.5. The highest BCUT2D eigenvalue weighted by Gasteiger charge is 2.23. The van der Waals surface area contributed by atoms with Crippen LogP contribution in [0.1, 0.15) is 45.2 Å². The van der Waals surface area contributed by atoms with E-state index in [0.29, 0.717) is 29.8 Å². The van der Waals surface area contributed by atoms with Gasteiger partial charge in [-0.1, -0.05) is 50.3 Å². The minimum Gasteiger partial charge on any atom is -0.491 e. The SMILES string of the molecule is CCN(CC)CC=CC(=O)Nc1cc2c(N[C@H](C)c3ccccc3)ncnc2cc1OCC1CC1. The number of likely N-dealkylation sites (N-methyl/N-ethyl adjacent to an activating group) is 1. The van der Waals surface area contributed by atoms with E-state index >= 15 is 0 Å². The smallest absolute Gasteiger partial charge is 0.248 e. The molecule has 0 bridgehead atoms. The molecule has 0 unspecified atom stereocenters. The van der Waals surface area contributed by atoms with Crippen molar-refractivity contribution in [2.75, 3.05) is 36.9 Å². The first-order chi connectivity index (χ1) is 17.1. The molecule has 0 aliphatic heterocycles. The first-order valence-electron chi connectivity index (χ1n) is 12.5. The van der Waals surface area contributed by atoms with Gasteiger partial charge in [0.15, 0.2) is 0 Å². The van der Waals surface area contributed by atoms with Gasteiger partial charge >= 0.3 is 0 Å². The molecule has 0 radical (unpaired) electrons. The van der Waals surface area contributed by atoms with E-state index < -0.39 is 0 Å². The summed E-state index contributed by atoms with van der Waals surface area (Å²) in [5.74, 6) is 1.76. The summed E-state index contributed by atoms with van der Waals surface area (Å²) in [6, 6.07) is 14.1. The molecular formula is C28H35N5O2. The Hall–Kier alpha value is -3.45. The number of aromatic nitrogens is 2. The first kappa shape index (κ1) is 24.7. The molecule has 1 aromatic heterocycles. The molecule has 1 aliphatic rings. The predicted molar refractivity (Wildman–Crippen MR) is 142 cm³/mol. The Kier molecular flexibility index (Phi) is 8.32. The Morgan fingerprint density at radius 1 is 1.17 bits per heavy atom. The van der Waals surface area contributed by atoms with Crippen molar-refractivity contribution in [3.05, 3.63) is 66.5 Å². The maximum atomic E-state index is 12.7. The second-order valence-electron chi connectivity index (χ2n) is 9.00. The Morgan fingerprint density at radius 2 is 1.94 bits per heavy atom. The van der Waals surface area contributed by atoms with Crippen molar-refractivity contribution >= 4 is 28.3 Å². The average molecular weight is 474 g/mol. The molecule has 1 heterocycles. The van der Waals surface area contributed by atoms with Gasteiger partial charge in [0.1, 0.15) is 17.9 Å². The third-order valence-corrected chi connectivity index (χ3v) is 6.35. The van der Waals surface area contributed by atoms with Crippen LogP contribution in [0.3, 0.4) is 0 Å². The summed E-state index contributed by atoms with van der Waals surface area (Å²) >= 11 is 0. The topological polar surface area (TPSA) is 79.4 Å². The molecule has 4 rings (SSSR count). The number of amides is 1.